The van der Waals surface area contributed by atoms with Gasteiger partial charge in [-0.2, -0.15) is 44.2 Å². The zero-order valence-corrected chi connectivity index (χ0v) is 94.8. The summed E-state index contributed by atoms with van der Waals surface area (Å²) in [6.45, 7) is 51.7. The SMILES string of the molecule is CC(C)COC(=O)Cl.CCC(=O)[C@H](C)N.CCC(=O)[C@H](C)NC(=O)OC(C)(C)C.CCC(=O)[C@H](C)Nc1cc(-c2cc(NC(=O)N3CC[C@@H](CC(F)(F)F)C3)ccc2C)cc(N2CCOCC2)n1.CCC(=O)[C@H](C)Nc1cc(I)cc(N2CCOCC2)n1.C[C@H](NC(=O)OC(C)(C)C)C(=O)O.Cc1ccc(NC(=O)N2CC[C@@H](CC(F)(F)F)C2)cc1B1OC(C)(C)C(C)(C)O1.Cl.Fc1cc(I)cc(N2CCOCC2)n1.S. The highest BCUT2D eigenvalue weighted by Crippen LogP contribution is 2.39. The van der Waals surface area contributed by atoms with Crippen LogP contribution in [0.3, 0.4) is 0 Å². The minimum atomic E-state index is -4.23. The van der Waals surface area contributed by atoms with Gasteiger partial charge in [-0.05, 0) is 270 Å². The number of ether oxygens (including phenoxy) is 6. The van der Waals surface area contributed by atoms with E-state index in [2.05, 4.69) is 108 Å². The van der Waals surface area contributed by atoms with Crippen LogP contribution in [0.4, 0.5) is 95.2 Å². The number of amides is 6. The number of carboxylic acids is 1. The maximum absolute atomic E-state index is 13.0. The van der Waals surface area contributed by atoms with E-state index in [4.69, 9.17) is 60.4 Å². The molecule has 0 unspecified atom stereocenters. The number of aliphatic carboxylic acids is 1. The molecule has 0 spiro atoms. The molecule has 6 amide bonds. The Morgan fingerprint density at radius 3 is 1.25 bits per heavy atom. The zero-order chi connectivity index (χ0) is 109. The minimum Gasteiger partial charge on any atom is -0.480 e. The van der Waals surface area contributed by atoms with Crippen LogP contribution in [0.25, 0.3) is 11.1 Å². The molecule has 9 N–H and O–H groups in total. The maximum atomic E-state index is 13.0. The molecule has 0 saturated carbocycles. The van der Waals surface area contributed by atoms with Crippen molar-refractivity contribution in [2.45, 2.75) is 276 Å². The lowest BCUT2D eigenvalue weighted by atomic mass is 9.76. The Morgan fingerprint density at radius 2 is 0.897 bits per heavy atom. The summed E-state index contributed by atoms with van der Waals surface area (Å²) in [6.07, 6.45) is -8.82. The van der Waals surface area contributed by atoms with Gasteiger partial charge in [-0.25, -0.2) is 38.9 Å². The first-order chi connectivity index (χ1) is 66.9. The van der Waals surface area contributed by atoms with Crippen LogP contribution in [0.5, 0.6) is 0 Å². The van der Waals surface area contributed by atoms with Gasteiger partial charge in [0.25, 0.3) is 0 Å². The van der Waals surface area contributed by atoms with E-state index in [-0.39, 0.29) is 74.2 Å². The van der Waals surface area contributed by atoms with E-state index in [0.717, 1.165) is 91.7 Å². The smallest absolute Gasteiger partial charge is 0.480 e. The fourth-order valence-corrected chi connectivity index (χ4v) is 15.4. The lowest BCUT2D eigenvalue weighted by Gasteiger charge is -2.32. The Bertz CT molecular complexity index is 4950. The number of rotatable bonds is 26. The first-order valence-corrected chi connectivity index (χ1v) is 50.7. The summed E-state index contributed by atoms with van der Waals surface area (Å²) < 4.78 is 134. The normalized spacial score (nSPS) is 17.2. The highest BCUT2D eigenvalue weighted by molar-refractivity contribution is 14.1. The van der Waals surface area contributed by atoms with Crippen molar-refractivity contribution in [3.63, 3.8) is 0 Å². The number of benzene rings is 2. The molecule has 0 bridgehead atoms. The second-order valence-electron chi connectivity index (χ2n) is 38.6. The van der Waals surface area contributed by atoms with Crippen molar-refractivity contribution in [3.8, 4) is 11.1 Å². The number of anilines is 7. The average Bonchev–Trinajstić information content (AvgIpc) is 1.62. The van der Waals surface area contributed by atoms with Gasteiger partial charge in [-0.1, -0.05) is 59.2 Å². The number of nitrogens with one attached hydrogen (secondary N) is 6. The van der Waals surface area contributed by atoms with E-state index in [0.29, 0.717) is 127 Å². The number of carbonyl (C=O) groups excluding carboxylic acids is 9. The first kappa shape index (κ1) is 133. The summed E-state index contributed by atoms with van der Waals surface area (Å²) in [5.41, 5.74) is 7.98. The molecule has 822 valence electrons. The van der Waals surface area contributed by atoms with Crippen LogP contribution in [0.2, 0.25) is 0 Å². The van der Waals surface area contributed by atoms with Crippen LogP contribution >= 0.6 is 82.7 Å². The van der Waals surface area contributed by atoms with Crippen molar-refractivity contribution in [1.29, 1.82) is 0 Å². The van der Waals surface area contributed by atoms with Crippen molar-refractivity contribution < 1.29 is 122 Å². The molecule has 3 aromatic heterocycles. The van der Waals surface area contributed by atoms with E-state index in [1.54, 1.807) is 80.5 Å². The molecule has 6 aliphatic heterocycles. The highest BCUT2D eigenvalue weighted by atomic mass is 127. The summed E-state index contributed by atoms with van der Waals surface area (Å²) in [5.74, 6) is 1.86. The summed E-state index contributed by atoms with van der Waals surface area (Å²) in [4.78, 5) is 136. The maximum Gasteiger partial charge on any atom is 0.495 e. The molecule has 6 fully saturated rings. The zero-order valence-electron chi connectivity index (χ0n) is 87.9. The number of alkyl halides is 6. The molecule has 34 nitrogen and oxygen atoms in total. The number of aromatic nitrogens is 3. The lowest BCUT2D eigenvalue weighted by molar-refractivity contribution is -0.144. The summed E-state index contributed by atoms with van der Waals surface area (Å²) in [7, 11) is -0.556. The molecule has 6 aliphatic rings. The Hall–Kier alpha value is -8.69. The van der Waals surface area contributed by atoms with Gasteiger partial charge < -0.3 is 105 Å². The number of ketones is 4. The predicted octanol–water partition coefficient (Wildman–Crippen LogP) is 19.3. The average molecular weight is 2360 g/mol. The second kappa shape index (κ2) is 63.5. The summed E-state index contributed by atoms with van der Waals surface area (Å²) in [5, 5.41) is 25.2. The summed E-state index contributed by atoms with van der Waals surface area (Å²) >= 11 is 9.23. The molecule has 2 aromatic carbocycles. The van der Waals surface area contributed by atoms with E-state index in [9.17, 15) is 78.7 Å². The van der Waals surface area contributed by atoms with Gasteiger partial charge in [0, 0.05) is 140 Å². The number of carbonyl (C=O) groups is 10. The third kappa shape index (κ3) is 50.8. The number of morpholine rings is 3. The van der Waals surface area contributed by atoms with Crippen LogP contribution in [-0.2, 0) is 61.7 Å². The molecule has 0 radical (unpaired) electrons. The molecule has 47 heteroatoms. The van der Waals surface area contributed by atoms with E-state index < -0.39 is 126 Å². The lowest BCUT2D eigenvalue weighted by Crippen LogP contribution is -2.41. The Balaban J connectivity index is 0.000000598. The number of carboxylic acid groups (broad SMARTS) is 1. The molecule has 7 atom stereocenters. The number of urea groups is 2. The number of pyridine rings is 3. The molecule has 0 aliphatic carbocycles. The van der Waals surface area contributed by atoms with Gasteiger partial charge in [0.05, 0.1) is 81.6 Å². The van der Waals surface area contributed by atoms with Crippen LogP contribution in [0.1, 0.15) is 208 Å². The van der Waals surface area contributed by atoms with Gasteiger partial charge in [0.1, 0.15) is 52.1 Å². The molecular weight excluding hydrogens is 2200 g/mol. The number of hydrogen-bond donors (Lipinski definition) is 8. The topological polar surface area (TPSA) is 418 Å². The highest BCUT2D eigenvalue weighted by Gasteiger charge is 2.52. The van der Waals surface area contributed by atoms with Crippen molar-refractivity contribution in [2.24, 2.45) is 23.5 Å². The number of nitrogens with two attached hydrogens (primary N) is 1. The number of likely N-dealkylation sites (tertiary alicyclic amines) is 2. The Morgan fingerprint density at radius 1 is 0.527 bits per heavy atom. The van der Waals surface area contributed by atoms with Gasteiger partial charge in [0.2, 0.25) is 5.95 Å². The number of hydrogen-bond acceptors (Lipinski definition) is 27. The molecule has 6 saturated heterocycles. The number of Topliss-reactive ketones (excluding diaryl/α,β-unsaturated/α-hetero) is 4. The van der Waals surface area contributed by atoms with Crippen LogP contribution in [-0.4, -0.2) is 272 Å². The van der Waals surface area contributed by atoms with Crippen molar-refractivity contribution in [2.75, 3.05) is 148 Å². The first-order valence-electron chi connectivity index (χ1n) is 48.2. The van der Waals surface area contributed by atoms with Crippen molar-refractivity contribution in [3.05, 3.63) is 97.0 Å². The fourth-order valence-electron chi connectivity index (χ4n) is 14.2. The van der Waals surface area contributed by atoms with E-state index in [1.165, 1.54) is 22.8 Å². The van der Waals surface area contributed by atoms with Crippen LogP contribution in [0, 0.1) is 44.7 Å². The van der Waals surface area contributed by atoms with Gasteiger partial charge in [-0.15, -0.1) is 12.4 Å². The number of halogens is 11. The quantitative estimate of drug-likeness (QED) is 0.00636. The Labute approximate surface area is 900 Å². The van der Waals surface area contributed by atoms with Crippen LogP contribution < -0.4 is 57.8 Å². The van der Waals surface area contributed by atoms with Crippen molar-refractivity contribution >= 4 is 195 Å². The predicted molar refractivity (Wildman–Crippen MR) is 579 cm³/mol. The second-order valence-corrected chi connectivity index (χ2v) is 41.4. The number of aryl methyl sites for hydroxylation is 2. The molecule has 9 heterocycles. The molecule has 5 aromatic rings. The molecular formula is C99H151BCl2F7I2N15O19S. The molecule has 146 heavy (non-hydrogen) atoms. The number of alkyl carbamates (subject to hydrolysis) is 2. The summed E-state index contributed by atoms with van der Waals surface area (Å²) in [6, 6.07) is 19.1. The third-order valence-corrected chi connectivity index (χ3v) is 24.2. The molecule has 11 rings (SSSR count). The largest absolute Gasteiger partial charge is 0.495 e. The van der Waals surface area contributed by atoms with Crippen LogP contribution in [0.15, 0.2) is 72.8 Å². The van der Waals surface area contributed by atoms with E-state index in [1.807, 2.05) is 137 Å². The number of nitrogens with zero attached hydrogens (tertiary/aromatic N) is 8. The fraction of sp³-hybridized carbons (Fsp3) is 0.626. The van der Waals surface area contributed by atoms with E-state index >= 15 is 0 Å². The van der Waals surface area contributed by atoms with Gasteiger partial charge >= 0.3 is 55.1 Å². The standard InChI is InChI=1S/C28H36F3N5O3.C20H28BF3N2O3.C14H20IN3O2.C10H19NO3.C9H10FIN2O.C8H15NO4.C5H9ClO2.C5H11NO.ClH.H2S/c1-4-24(37)19(3)32-25-13-21(14-26(34-25)35-9-11-39-12-10-35)23-15-22(6-5-18(23)2)33-27(38)36-8-7-20(17-36)16-28(29,30)31;1-13-6-7-15(10-16(13)21-28-18(2,3)19(4,5)29-21)25-17(27)26-9-8-14(12-26)11-20(22,23)24;1-3-12(19)10(2)16-13-8-11(15)9-14(17-13)18-4-6-20-7-5-18;1-6-8(12)7(2)11-9(13)14-10(3,4)5;10-8-5-7(11)6-9(12-8)13-1-3-14-4-2-13;1-5(6(10)11)9-7(12)13-8(2,3)4;1-4(2)3-8-5(6)7;1-3-5(7)4(2)6;;/h5-6,13-15,19-20H,4,7-12,16-17H2,1-3H3,(H,32,34)(H,33,38);6-7,10,14H,8-9,11-12H2,1-5H3,(H,25,27);8-10H,3-7H2,1-2H3,(H,16,17);7H,6H2,1-5H3,(H,11,13);5-6H,1-4H2;5H,1-4H3,(H,9,12)(H,10,11);4H,3H2,1-2H3;4H,3,6H2,1-2H3;1H;1H2/t19-,20-;14-;10-;7-;;5-;;4-;;/m0000.0.0../s1. The Kier molecular flexibility index (Phi) is 58.0. The monoisotopic (exact) mass is 2350 g/mol. The minimum absolute atomic E-state index is 0. The third-order valence-electron chi connectivity index (χ3n) is 22.8. The van der Waals surface area contributed by atoms with Gasteiger partial charge in [-0.3, -0.25) is 24.0 Å². The van der Waals surface area contributed by atoms with Gasteiger partial charge in [0.15, 0.2) is 17.3 Å². The van der Waals surface area contributed by atoms with Crippen molar-refractivity contribution in [1.82, 2.24) is 35.4 Å².